The number of imidazole rings is 1. The number of likely N-dealkylation sites (tertiary alicyclic amines) is 1. The summed E-state index contributed by atoms with van der Waals surface area (Å²) >= 11 is 0. The first-order valence-corrected chi connectivity index (χ1v) is 15.0. The van der Waals surface area contributed by atoms with Crippen LogP contribution in [0.15, 0.2) is 79.0 Å². The minimum Gasteiger partial charge on any atom is -0.383 e. The molecular formula is C34H36N8O. The van der Waals surface area contributed by atoms with Gasteiger partial charge in [-0.2, -0.15) is 0 Å². The number of rotatable bonds is 7. The summed E-state index contributed by atoms with van der Waals surface area (Å²) in [5.74, 6) is 0.909. The lowest BCUT2D eigenvalue weighted by atomic mass is 9.73. The van der Waals surface area contributed by atoms with Crippen LogP contribution in [0.3, 0.4) is 0 Å². The van der Waals surface area contributed by atoms with Gasteiger partial charge in [0.1, 0.15) is 11.3 Å². The van der Waals surface area contributed by atoms with Crippen LogP contribution in [0.2, 0.25) is 0 Å². The average Bonchev–Trinajstić information content (AvgIpc) is 3.39. The van der Waals surface area contributed by atoms with E-state index in [1.165, 1.54) is 5.56 Å². The molecule has 9 heteroatoms. The summed E-state index contributed by atoms with van der Waals surface area (Å²) in [5, 5.41) is 0. The van der Waals surface area contributed by atoms with Crippen LogP contribution < -0.4 is 17.2 Å². The van der Waals surface area contributed by atoms with Gasteiger partial charge in [-0.1, -0.05) is 30.3 Å². The summed E-state index contributed by atoms with van der Waals surface area (Å²) in [4.78, 5) is 28.4. The second-order valence-electron chi connectivity index (χ2n) is 12.0. The van der Waals surface area contributed by atoms with Crippen molar-refractivity contribution in [2.75, 3.05) is 18.8 Å². The highest BCUT2D eigenvalue weighted by molar-refractivity contribution is 5.84. The summed E-state index contributed by atoms with van der Waals surface area (Å²) in [6, 6.07) is 24.8. The molecule has 2 aromatic carbocycles. The van der Waals surface area contributed by atoms with Crippen molar-refractivity contribution in [3.8, 4) is 28.3 Å². The van der Waals surface area contributed by atoms with Crippen LogP contribution in [0.5, 0.6) is 0 Å². The van der Waals surface area contributed by atoms with Crippen LogP contribution in [0.4, 0.5) is 5.82 Å². The zero-order valence-electron chi connectivity index (χ0n) is 24.1. The maximum Gasteiger partial charge on any atom is 0.220 e. The molecule has 0 unspecified atom stereocenters. The molecule has 6 N–H and O–H groups in total. The lowest BCUT2D eigenvalue weighted by Gasteiger charge is -2.38. The van der Waals surface area contributed by atoms with Crippen LogP contribution in [-0.2, 0) is 16.9 Å². The van der Waals surface area contributed by atoms with E-state index in [-0.39, 0.29) is 17.4 Å². The maximum atomic E-state index is 11.6. The predicted octanol–water partition coefficient (Wildman–Crippen LogP) is 4.77. The molecule has 9 nitrogen and oxygen atoms in total. The van der Waals surface area contributed by atoms with Gasteiger partial charge in [0.2, 0.25) is 5.91 Å². The highest BCUT2D eigenvalue weighted by atomic mass is 16.1. The second kappa shape index (κ2) is 10.9. The molecule has 1 aliphatic carbocycles. The third-order valence-corrected chi connectivity index (χ3v) is 9.15. The van der Waals surface area contributed by atoms with Gasteiger partial charge in [0.25, 0.3) is 0 Å². The van der Waals surface area contributed by atoms with Crippen molar-refractivity contribution in [3.05, 3.63) is 90.1 Å². The fourth-order valence-electron chi connectivity index (χ4n) is 6.40. The van der Waals surface area contributed by atoms with Crippen molar-refractivity contribution >= 4 is 22.9 Å². The molecule has 2 fully saturated rings. The molecule has 218 valence electrons. The first-order valence-electron chi connectivity index (χ1n) is 15.0. The van der Waals surface area contributed by atoms with E-state index < -0.39 is 0 Å². The van der Waals surface area contributed by atoms with Gasteiger partial charge in [0, 0.05) is 35.4 Å². The van der Waals surface area contributed by atoms with Crippen LogP contribution in [-0.4, -0.2) is 43.4 Å². The van der Waals surface area contributed by atoms with Crippen molar-refractivity contribution in [1.29, 1.82) is 0 Å². The van der Waals surface area contributed by atoms with Gasteiger partial charge >= 0.3 is 0 Å². The molecule has 1 aliphatic heterocycles. The monoisotopic (exact) mass is 572 g/mol. The van der Waals surface area contributed by atoms with Gasteiger partial charge in [0.15, 0.2) is 11.5 Å². The number of hydrogen-bond donors (Lipinski definition) is 3. The number of nitrogens with zero attached hydrogens (tertiary/aromatic N) is 5. The lowest BCUT2D eigenvalue weighted by Crippen LogP contribution is -2.43. The standard InChI is InChI=1S/C34H36N8O/c35-30-27(6-2-17-38-30)32-40-29-12-11-28(24-5-1-4-22(20-24)21-41-18-13-23(14-19-41)31(36)43)39-33(29)42(32)26-9-7-25(8-10-26)34(37)15-3-16-34/h1-2,4-12,17,20,23H,3,13-16,18-19,21,37H2,(H2,35,38)(H2,36,43). The van der Waals surface area contributed by atoms with E-state index in [2.05, 4.69) is 63.0 Å². The molecule has 0 bridgehead atoms. The zero-order chi connectivity index (χ0) is 29.6. The first-order chi connectivity index (χ1) is 20.9. The zero-order valence-corrected chi connectivity index (χ0v) is 24.1. The van der Waals surface area contributed by atoms with Crippen molar-refractivity contribution in [3.63, 3.8) is 0 Å². The van der Waals surface area contributed by atoms with E-state index >= 15 is 0 Å². The van der Waals surface area contributed by atoms with Crippen LogP contribution in [0.25, 0.3) is 39.5 Å². The van der Waals surface area contributed by atoms with Gasteiger partial charge in [-0.3, -0.25) is 14.3 Å². The number of piperidine rings is 1. The van der Waals surface area contributed by atoms with E-state index in [1.54, 1.807) is 6.20 Å². The van der Waals surface area contributed by atoms with Gasteiger partial charge in [0.05, 0.1) is 11.3 Å². The number of hydrogen-bond acceptors (Lipinski definition) is 7. The summed E-state index contributed by atoms with van der Waals surface area (Å²) in [5.41, 5.74) is 25.7. The van der Waals surface area contributed by atoms with Crippen LogP contribution >= 0.6 is 0 Å². The molecule has 0 radical (unpaired) electrons. The van der Waals surface area contributed by atoms with Gasteiger partial charge in [-0.05, 0) is 98.8 Å². The fraction of sp³-hybridized carbons (Fsp3) is 0.294. The number of carbonyl (C=O) groups excluding carboxylic acids is 1. The van der Waals surface area contributed by atoms with Crippen LogP contribution in [0.1, 0.15) is 43.2 Å². The number of aromatic nitrogens is 4. The predicted molar refractivity (Wildman–Crippen MR) is 169 cm³/mol. The maximum absolute atomic E-state index is 11.6. The number of benzene rings is 2. The number of amides is 1. The molecule has 2 aliphatic rings. The highest BCUT2D eigenvalue weighted by Crippen LogP contribution is 2.39. The topological polar surface area (TPSA) is 142 Å². The molecule has 1 amide bonds. The molecule has 43 heavy (non-hydrogen) atoms. The summed E-state index contributed by atoms with van der Waals surface area (Å²) in [6.45, 7) is 2.55. The average molecular weight is 573 g/mol. The molecule has 1 saturated heterocycles. The minimum absolute atomic E-state index is 0.0129. The number of nitrogens with two attached hydrogens (primary N) is 3. The Bertz CT molecular complexity index is 1800. The molecule has 5 aromatic rings. The Morgan fingerprint density at radius 2 is 1.74 bits per heavy atom. The molecule has 0 atom stereocenters. The van der Waals surface area contributed by atoms with Gasteiger partial charge in [-0.15, -0.1) is 0 Å². The minimum atomic E-state index is -0.236. The van der Waals surface area contributed by atoms with Gasteiger partial charge < -0.3 is 17.2 Å². The number of fused-ring (bicyclic) bond motifs is 1. The summed E-state index contributed by atoms with van der Waals surface area (Å²) in [7, 11) is 0. The Kier molecular flexibility index (Phi) is 6.91. The molecule has 1 saturated carbocycles. The Morgan fingerprint density at radius 3 is 2.44 bits per heavy atom. The Labute approximate surface area is 250 Å². The summed E-state index contributed by atoms with van der Waals surface area (Å²) < 4.78 is 2.06. The fourth-order valence-corrected chi connectivity index (χ4v) is 6.40. The SMILES string of the molecule is NC(=O)C1CCN(Cc2cccc(-c3ccc4nc(-c5cccnc5N)n(-c5ccc(C6(N)CCC6)cc5)c4n3)c2)CC1. The smallest absolute Gasteiger partial charge is 0.220 e. The summed E-state index contributed by atoms with van der Waals surface area (Å²) in [6.07, 6.45) is 6.49. The first kappa shape index (κ1) is 27.2. The van der Waals surface area contributed by atoms with Crippen molar-refractivity contribution in [2.24, 2.45) is 17.4 Å². The Hall–Kier alpha value is -4.60. The quantitative estimate of drug-likeness (QED) is 0.255. The molecular weight excluding hydrogens is 536 g/mol. The van der Waals surface area contributed by atoms with E-state index in [1.807, 2.05) is 24.3 Å². The highest BCUT2D eigenvalue weighted by Gasteiger charge is 2.34. The number of pyridine rings is 2. The number of anilines is 1. The molecule has 3 aromatic heterocycles. The normalized spacial score (nSPS) is 17.1. The number of primary amides is 1. The van der Waals surface area contributed by atoms with Gasteiger partial charge in [-0.25, -0.2) is 15.0 Å². The molecule has 0 spiro atoms. The van der Waals surface area contributed by atoms with E-state index in [0.29, 0.717) is 11.6 Å². The number of carbonyl (C=O) groups is 1. The van der Waals surface area contributed by atoms with E-state index in [0.717, 1.165) is 91.0 Å². The largest absolute Gasteiger partial charge is 0.383 e. The second-order valence-corrected chi connectivity index (χ2v) is 12.0. The van der Waals surface area contributed by atoms with E-state index in [9.17, 15) is 4.79 Å². The van der Waals surface area contributed by atoms with Crippen molar-refractivity contribution < 1.29 is 4.79 Å². The molecule has 4 heterocycles. The Balaban J connectivity index is 1.26. The number of nitrogen functional groups attached to an aromatic ring is 1. The van der Waals surface area contributed by atoms with Crippen molar-refractivity contribution in [1.82, 2.24) is 24.4 Å². The third-order valence-electron chi connectivity index (χ3n) is 9.15. The molecule has 7 rings (SSSR count). The lowest BCUT2D eigenvalue weighted by molar-refractivity contribution is -0.123. The van der Waals surface area contributed by atoms with Crippen LogP contribution in [0, 0.1) is 5.92 Å². The van der Waals surface area contributed by atoms with E-state index in [4.69, 9.17) is 27.2 Å². The van der Waals surface area contributed by atoms with Crippen molar-refractivity contribution in [2.45, 2.75) is 44.2 Å². The third kappa shape index (κ3) is 5.15. The Morgan fingerprint density at radius 1 is 0.953 bits per heavy atom.